The Bertz CT molecular complexity index is 285. The molecule has 15 heavy (non-hydrogen) atoms. The van der Waals surface area contributed by atoms with Gasteiger partial charge >= 0.3 is 0 Å². The third-order valence-electron chi connectivity index (χ3n) is 2.97. The first-order valence-corrected chi connectivity index (χ1v) is 6.35. The molecule has 0 atom stereocenters. The van der Waals surface area contributed by atoms with E-state index in [0.29, 0.717) is 0 Å². The molecule has 0 saturated heterocycles. The van der Waals surface area contributed by atoms with E-state index in [1.54, 1.807) is 0 Å². The maximum absolute atomic E-state index is 4.47. The second-order valence-electron chi connectivity index (χ2n) is 4.02. The van der Waals surface area contributed by atoms with Gasteiger partial charge in [-0.1, -0.05) is 20.8 Å². The molecule has 1 aliphatic carbocycles. The Kier molecular flexibility index (Phi) is 4.86. The van der Waals surface area contributed by atoms with E-state index in [1.165, 1.54) is 37.2 Å². The van der Waals surface area contributed by atoms with Crippen LogP contribution in [0.5, 0.6) is 0 Å². The minimum atomic E-state index is 0.768. The maximum atomic E-state index is 4.47. The number of aromatic nitrogens is 2. The lowest BCUT2D eigenvalue weighted by Gasteiger charge is -2.29. The average molecular weight is 208 g/mol. The summed E-state index contributed by atoms with van der Waals surface area (Å²) in [5, 5.41) is 0. The van der Waals surface area contributed by atoms with Crippen LogP contribution in [0.1, 0.15) is 64.0 Å². The minimum Gasteiger partial charge on any atom is -0.329 e. The van der Waals surface area contributed by atoms with Crippen molar-refractivity contribution >= 4 is 0 Å². The lowest BCUT2D eigenvalue weighted by atomic mass is 9.92. The van der Waals surface area contributed by atoms with Gasteiger partial charge in [0.25, 0.3) is 0 Å². The first kappa shape index (κ1) is 12.3. The summed E-state index contributed by atoms with van der Waals surface area (Å²) in [6, 6.07) is 0.768. The van der Waals surface area contributed by atoms with Crippen LogP contribution >= 0.6 is 0 Å². The first-order valence-electron chi connectivity index (χ1n) is 6.35. The fourth-order valence-corrected chi connectivity index (χ4v) is 2.05. The van der Waals surface area contributed by atoms with E-state index in [-0.39, 0.29) is 0 Å². The number of rotatable bonds is 3. The molecule has 1 saturated carbocycles. The molecule has 1 aromatic heterocycles. The Morgan fingerprint density at radius 1 is 1.40 bits per heavy atom. The Labute approximate surface area is 93.7 Å². The van der Waals surface area contributed by atoms with E-state index in [9.17, 15) is 0 Å². The molecule has 86 valence electrons. The van der Waals surface area contributed by atoms with Crippen molar-refractivity contribution in [3.63, 3.8) is 0 Å². The van der Waals surface area contributed by atoms with Crippen LogP contribution in [0.2, 0.25) is 0 Å². The summed E-state index contributed by atoms with van der Waals surface area (Å²) in [6.07, 6.45) is 8.45. The van der Waals surface area contributed by atoms with Crippen LogP contribution in [-0.4, -0.2) is 9.55 Å². The maximum Gasteiger partial charge on any atom is 0.109 e. The first-order chi connectivity index (χ1) is 7.33. The van der Waals surface area contributed by atoms with E-state index >= 15 is 0 Å². The van der Waals surface area contributed by atoms with Gasteiger partial charge in [-0.3, -0.25) is 0 Å². The molecule has 2 nitrogen and oxygen atoms in total. The van der Waals surface area contributed by atoms with Crippen LogP contribution in [0, 0.1) is 6.92 Å². The lowest BCUT2D eigenvalue weighted by molar-refractivity contribution is 0.301. The number of imidazole rings is 1. The molecule has 0 amide bonds. The van der Waals surface area contributed by atoms with Crippen molar-refractivity contribution in [3.05, 3.63) is 17.7 Å². The van der Waals surface area contributed by atoms with Crippen LogP contribution in [0.25, 0.3) is 0 Å². The molecule has 0 unspecified atom stereocenters. The summed E-state index contributed by atoms with van der Waals surface area (Å²) >= 11 is 0. The fraction of sp³-hybridized carbons (Fsp3) is 0.769. The highest BCUT2D eigenvalue weighted by Gasteiger charge is 2.22. The normalized spacial score (nSPS) is 15.5. The molecule has 1 aliphatic rings. The van der Waals surface area contributed by atoms with Crippen LogP contribution in [0.15, 0.2) is 6.20 Å². The molecule has 2 heteroatoms. The van der Waals surface area contributed by atoms with Gasteiger partial charge in [0, 0.05) is 24.4 Å². The van der Waals surface area contributed by atoms with E-state index in [0.717, 1.165) is 12.5 Å². The van der Waals surface area contributed by atoms with Gasteiger partial charge in [-0.05, 0) is 32.6 Å². The molecule has 0 N–H and O–H groups in total. The highest BCUT2D eigenvalue weighted by Crippen LogP contribution is 2.33. The van der Waals surface area contributed by atoms with Gasteiger partial charge in [0.2, 0.25) is 0 Å². The van der Waals surface area contributed by atoms with Crippen molar-refractivity contribution in [1.29, 1.82) is 0 Å². The molecule has 1 aromatic rings. The van der Waals surface area contributed by atoms with E-state index in [1.807, 2.05) is 20.0 Å². The second kappa shape index (κ2) is 5.94. The molecule has 1 heterocycles. The van der Waals surface area contributed by atoms with Crippen molar-refractivity contribution in [2.24, 2.45) is 0 Å². The number of aryl methyl sites for hydroxylation is 2. The molecule has 0 aromatic carbocycles. The van der Waals surface area contributed by atoms with Crippen molar-refractivity contribution in [1.82, 2.24) is 9.55 Å². The van der Waals surface area contributed by atoms with Gasteiger partial charge in [0.15, 0.2) is 0 Å². The summed E-state index contributed by atoms with van der Waals surface area (Å²) in [6.45, 7) is 8.39. The highest BCUT2D eigenvalue weighted by molar-refractivity contribution is 5.07. The summed E-state index contributed by atoms with van der Waals surface area (Å²) in [5.41, 5.74) is 1.34. The Morgan fingerprint density at radius 2 is 2.07 bits per heavy atom. The van der Waals surface area contributed by atoms with Crippen LogP contribution < -0.4 is 0 Å². The Morgan fingerprint density at radius 3 is 2.53 bits per heavy atom. The van der Waals surface area contributed by atoms with Crippen LogP contribution in [0.3, 0.4) is 0 Å². The molecule has 1 fully saturated rings. The zero-order valence-electron chi connectivity index (χ0n) is 10.6. The van der Waals surface area contributed by atoms with Crippen LogP contribution in [-0.2, 0) is 6.42 Å². The zero-order chi connectivity index (χ0) is 11.3. The summed E-state index contributed by atoms with van der Waals surface area (Å²) in [7, 11) is 0. The van der Waals surface area contributed by atoms with Crippen LogP contribution in [0.4, 0.5) is 0 Å². The predicted octanol–water partition coefficient (Wildman–Crippen LogP) is 3.90. The number of nitrogens with zero attached hydrogens (tertiary/aromatic N) is 2. The number of hydrogen-bond acceptors (Lipinski definition) is 1. The standard InChI is InChI=1S/C11H18N2.C2H6/c1-3-5-11-12-8-9(2)13(11)10-6-4-7-10;1-2/h8,10H,3-7H2,1-2H3;1-2H3. The molecule has 0 radical (unpaired) electrons. The minimum absolute atomic E-state index is 0.768. The Hall–Kier alpha value is -0.790. The quantitative estimate of drug-likeness (QED) is 0.736. The van der Waals surface area contributed by atoms with E-state index < -0.39 is 0 Å². The van der Waals surface area contributed by atoms with Crippen molar-refractivity contribution < 1.29 is 0 Å². The predicted molar refractivity (Wildman–Crippen MR) is 65.2 cm³/mol. The summed E-state index contributed by atoms with van der Waals surface area (Å²) in [5.74, 6) is 1.30. The number of hydrogen-bond donors (Lipinski definition) is 0. The second-order valence-corrected chi connectivity index (χ2v) is 4.02. The smallest absolute Gasteiger partial charge is 0.109 e. The monoisotopic (exact) mass is 208 g/mol. The molecular formula is C13H24N2. The molecule has 0 spiro atoms. The van der Waals surface area contributed by atoms with E-state index in [2.05, 4.69) is 23.4 Å². The zero-order valence-corrected chi connectivity index (χ0v) is 10.6. The third kappa shape index (κ3) is 2.61. The Balaban J connectivity index is 0.000000531. The van der Waals surface area contributed by atoms with Gasteiger partial charge in [-0.25, -0.2) is 4.98 Å². The molecule has 0 aliphatic heterocycles. The molecule has 0 bridgehead atoms. The SMILES string of the molecule is CC.CCCc1ncc(C)n1C1CCC1. The van der Waals surface area contributed by atoms with Crippen molar-refractivity contribution in [3.8, 4) is 0 Å². The lowest BCUT2D eigenvalue weighted by Crippen LogP contribution is -2.20. The summed E-state index contributed by atoms with van der Waals surface area (Å²) < 4.78 is 2.45. The van der Waals surface area contributed by atoms with Crippen molar-refractivity contribution in [2.75, 3.05) is 0 Å². The summed E-state index contributed by atoms with van der Waals surface area (Å²) in [4.78, 5) is 4.47. The molecular weight excluding hydrogens is 184 g/mol. The van der Waals surface area contributed by atoms with Crippen molar-refractivity contribution in [2.45, 2.75) is 65.8 Å². The molecule has 2 rings (SSSR count). The van der Waals surface area contributed by atoms with E-state index in [4.69, 9.17) is 0 Å². The topological polar surface area (TPSA) is 17.8 Å². The van der Waals surface area contributed by atoms with Gasteiger partial charge < -0.3 is 4.57 Å². The largest absolute Gasteiger partial charge is 0.329 e. The average Bonchev–Trinajstić information content (AvgIpc) is 2.52. The van der Waals surface area contributed by atoms with Gasteiger partial charge in [0.1, 0.15) is 5.82 Å². The highest BCUT2D eigenvalue weighted by atomic mass is 15.1. The fourth-order valence-electron chi connectivity index (χ4n) is 2.05. The van der Waals surface area contributed by atoms with Gasteiger partial charge in [-0.2, -0.15) is 0 Å². The van der Waals surface area contributed by atoms with Gasteiger partial charge in [0.05, 0.1) is 0 Å². The third-order valence-corrected chi connectivity index (χ3v) is 2.97. The van der Waals surface area contributed by atoms with Gasteiger partial charge in [-0.15, -0.1) is 0 Å².